The molecule has 1 amide bonds. The number of nitriles is 1. The van der Waals surface area contributed by atoms with Crippen LogP contribution in [0.2, 0.25) is 0 Å². The fourth-order valence-corrected chi connectivity index (χ4v) is 5.14. The summed E-state index contributed by atoms with van der Waals surface area (Å²) in [6.45, 7) is 4.47. The van der Waals surface area contributed by atoms with Gasteiger partial charge in [-0.05, 0) is 37.9 Å². The van der Waals surface area contributed by atoms with Gasteiger partial charge in [0.15, 0.2) is 0 Å². The van der Waals surface area contributed by atoms with Gasteiger partial charge in [-0.2, -0.15) is 14.6 Å². The van der Waals surface area contributed by atoms with Crippen molar-refractivity contribution in [2.24, 2.45) is 11.7 Å². The third kappa shape index (κ3) is 5.20. The molecular formula is C21H26F2N8OS. The van der Waals surface area contributed by atoms with Gasteiger partial charge in [-0.15, -0.1) is 0 Å². The van der Waals surface area contributed by atoms with Crippen LogP contribution in [0.3, 0.4) is 0 Å². The van der Waals surface area contributed by atoms with Crippen molar-refractivity contribution in [3.8, 4) is 6.07 Å². The van der Waals surface area contributed by atoms with Crippen molar-refractivity contribution in [3.05, 3.63) is 23.5 Å². The Morgan fingerprint density at radius 3 is 2.79 bits per heavy atom. The highest BCUT2D eigenvalue weighted by Gasteiger charge is 2.48. The minimum atomic E-state index is -2.95. The zero-order valence-electron chi connectivity index (χ0n) is 18.4. The molecule has 1 aliphatic carbocycles. The second-order valence-corrected chi connectivity index (χ2v) is 9.88. The third-order valence-corrected chi connectivity index (χ3v) is 6.76. The molecule has 3 heterocycles. The van der Waals surface area contributed by atoms with Crippen LogP contribution >= 0.6 is 11.5 Å². The molecule has 4 N–H and O–H groups in total. The molecule has 9 nitrogen and oxygen atoms in total. The van der Waals surface area contributed by atoms with Crippen molar-refractivity contribution in [1.29, 1.82) is 5.26 Å². The van der Waals surface area contributed by atoms with Crippen molar-refractivity contribution in [1.82, 2.24) is 19.7 Å². The number of nitrogens with one attached hydrogen (secondary N) is 2. The first kappa shape index (κ1) is 23.3. The minimum absolute atomic E-state index is 0.0692. The van der Waals surface area contributed by atoms with Crippen molar-refractivity contribution in [2.45, 2.75) is 57.0 Å². The number of carbonyl (C=O) groups excluding carboxylic acids is 1. The summed E-state index contributed by atoms with van der Waals surface area (Å²) < 4.78 is 32.1. The number of carbonyl (C=O) groups is 1. The van der Waals surface area contributed by atoms with Crippen LogP contribution in [0, 0.1) is 31.1 Å². The molecule has 2 fully saturated rings. The molecule has 4 rings (SSSR count). The maximum Gasteiger partial charge on any atom is 0.250 e. The van der Waals surface area contributed by atoms with E-state index in [-0.39, 0.29) is 12.8 Å². The zero-order chi connectivity index (χ0) is 23.8. The van der Waals surface area contributed by atoms with Gasteiger partial charge < -0.3 is 21.3 Å². The number of amides is 1. The first-order valence-corrected chi connectivity index (χ1v) is 11.5. The molecular weight excluding hydrogens is 450 g/mol. The molecule has 1 saturated heterocycles. The molecule has 0 bridgehead atoms. The summed E-state index contributed by atoms with van der Waals surface area (Å²) in [5.41, 5.74) is 6.67. The maximum atomic E-state index is 13.9. The van der Waals surface area contributed by atoms with Crippen molar-refractivity contribution >= 4 is 34.2 Å². The molecule has 12 heteroatoms. The van der Waals surface area contributed by atoms with Gasteiger partial charge >= 0.3 is 0 Å². The summed E-state index contributed by atoms with van der Waals surface area (Å²) >= 11 is 1.31. The first-order valence-electron chi connectivity index (χ1n) is 10.7. The van der Waals surface area contributed by atoms with E-state index in [0.29, 0.717) is 24.9 Å². The van der Waals surface area contributed by atoms with E-state index in [2.05, 4.69) is 31.0 Å². The first-order chi connectivity index (χ1) is 15.6. The summed E-state index contributed by atoms with van der Waals surface area (Å²) in [5, 5.41) is 16.2. The monoisotopic (exact) mass is 476 g/mol. The number of aromatic nitrogens is 3. The summed E-state index contributed by atoms with van der Waals surface area (Å²) in [4.78, 5) is 23.7. The molecule has 0 spiro atoms. The molecule has 2 unspecified atom stereocenters. The largest absolute Gasteiger partial charge is 0.351 e. The number of nitrogens with two attached hydrogens (primary N) is 1. The highest BCUT2D eigenvalue weighted by molar-refractivity contribution is 7.10. The van der Waals surface area contributed by atoms with Crippen molar-refractivity contribution in [3.63, 3.8) is 0 Å². The van der Waals surface area contributed by atoms with Crippen LogP contribution in [0.5, 0.6) is 0 Å². The molecule has 176 valence electrons. The second kappa shape index (κ2) is 8.79. The van der Waals surface area contributed by atoms with Crippen LogP contribution in [-0.2, 0) is 4.79 Å². The van der Waals surface area contributed by atoms with Crippen LogP contribution in [0.1, 0.15) is 36.9 Å². The topological polar surface area (TPSA) is 133 Å². The Bertz CT molecular complexity index is 1080. The van der Waals surface area contributed by atoms with Crippen LogP contribution < -0.4 is 21.3 Å². The van der Waals surface area contributed by atoms with E-state index in [1.165, 1.54) is 11.5 Å². The number of alkyl halides is 2. The number of aryl methyl sites for hydroxylation is 2. The van der Waals surface area contributed by atoms with Gasteiger partial charge in [-0.3, -0.25) is 4.79 Å². The van der Waals surface area contributed by atoms with Crippen molar-refractivity contribution < 1.29 is 13.6 Å². The Balaban J connectivity index is 1.45. The van der Waals surface area contributed by atoms with E-state index in [9.17, 15) is 18.8 Å². The number of halogens is 2. The summed E-state index contributed by atoms with van der Waals surface area (Å²) in [7, 11) is 0. The number of hydrogen-bond donors (Lipinski definition) is 3. The molecule has 2 atom stereocenters. The molecule has 2 aliphatic rings. The lowest BCUT2D eigenvalue weighted by Crippen LogP contribution is -2.71. The number of nitrogens with zero attached hydrogens (tertiary/aromatic N) is 5. The SMILES string of the molecule is Cc1cc(Nc2ncc(C)c(N3CC(CC#N)(NC(=O)C4CC(N)CC(F)(F)C4)C3)n2)sn1. The lowest BCUT2D eigenvalue weighted by atomic mass is 9.81. The van der Waals surface area contributed by atoms with E-state index in [4.69, 9.17) is 5.73 Å². The summed E-state index contributed by atoms with van der Waals surface area (Å²) in [5.74, 6) is -3.19. The van der Waals surface area contributed by atoms with Crippen LogP contribution in [0.4, 0.5) is 25.5 Å². The quantitative estimate of drug-likeness (QED) is 0.580. The van der Waals surface area contributed by atoms with Crippen LogP contribution in [-0.4, -0.2) is 50.8 Å². The Labute approximate surface area is 194 Å². The average molecular weight is 477 g/mol. The lowest BCUT2D eigenvalue weighted by Gasteiger charge is -2.51. The number of anilines is 3. The smallest absolute Gasteiger partial charge is 0.250 e. The second-order valence-electron chi connectivity index (χ2n) is 9.08. The molecule has 0 radical (unpaired) electrons. The Kier molecular flexibility index (Phi) is 6.20. The maximum absolute atomic E-state index is 13.9. The van der Waals surface area contributed by atoms with Gasteiger partial charge in [0.1, 0.15) is 10.8 Å². The van der Waals surface area contributed by atoms with E-state index in [0.717, 1.165) is 16.3 Å². The fraction of sp³-hybridized carbons (Fsp3) is 0.571. The molecule has 0 aromatic carbocycles. The highest BCUT2D eigenvalue weighted by Crippen LogP contribution is 2.38. The Morgan fingerprint density at radius 2 is 2.15 bits per heavy atom. The number of hydrogen-bond acceptors (Lipinski definition) is 9. The summed E-state index contributed by atoms with van der Waals surface area (Å²) in [6.07, 6.45) is 1.06. The lowest BCUT2D eigenvalue weighted by molar-refractivity contribution is -0.135. The standard InChI is InChI=1S/C21H26F2N8OS/c1-12-9-26-19(27-16-5-13(2)30-33-16)28-17(12)31-10-20(11-31,3-4-24)29-18(32)14-6-15(25)8-21(22,23)7-14/h5,9,14-15H,3,6-8,10-11,25H2,1-2H3,(H,29,32)(H,26,27,28). The van der Waals surface area contributed by atoms with Gasteiger partial charge in [-0.1, -0.05) is 0 Å². The Morgan fingerprint density at radius 1 is 1.39 bits per heavy atom. The predicted octanol–water partition coefficient (Wildman–Crippen LogP) is 2.64. The molecule has 33 heavy (non-hydrogen) atoms. The fourth-order valence-electron chi connectivity index (χ4n) is 4.49. The molecule has 1 saturated carbocycles. The van der Waals surface area contributed by atoms with E-state index in [1.807, 2.05) is 24.8 Å². The van der Waals surface area contributed by atoms with Crippen LogP contribution in [0.25, 0.3) is 0 Å². The van der Waals surface area contributed by atoms with Gasteiger partial charge in [0.05, 0.1) is 23.7 Å². The highest BCUT2D eigenvalue weighted by atomic mass is 32.1. The van der Waals surface area contributed by atoms with E-state index < -0.39 is 42.2 Å². The molecule has 2 aromatic rings. The van der Waals surface area contributed by atoms with Gasteiger partial charge in [0, 0.05) is 49.7 Å². The molecule has 1 aliphatic heterocycles. The Hall–Kier alpha value is -2.91. The minimum Gasteiger partial charge on any atom is -0.351 e. The van der Waals surface area contributed by atoms with Crippen LogP contribution in [0.15, 0.2) is 12.3 Å². The normalized spacial score (nSPS) is 23.3. The van der Waals surface area contributed by atoms with E-state index in [1.54, 1.807) is 6.20 Å². The molecule has 2 aromatic heterocycles. The van der Waals surface area contributed by atoms with Gasteiger partial charge in [-0.25, -0.2) is 13.8 Å². The predicted molar refractivity (Wildman–Crippen MR) is 120 cm³/mol. The zero-order valence-corrected chi connectivity index (χ0v) is 19.3. The number of rotatable bonds is 6. The third-order valence-electron chi connectivity index (χ3n) is 5.96. The van der Waals surface area contributed by atoms with Gasteiger partial charge in [0.2, 0.25) is 17.8 Å². The average Bonchev–Trinajstić information content (AvgIpc) is 3.10. The van der Waals surface area contributed by atoms with Gasteiger partial charge in [0.25, 0.3) is 0 Å². The van der Waals surface area contributed by atoms with Crippen molar-refractivity contribution in [2.75, 3.05) is 23.3 Å². The summed E-state index contributed by atoms with van der Waals surface area (Å²) in [6, 6.07) is 3.29. The van der Waals surface area contributed by atoms with E-state index >= 15 is 0 Å².